The zero-order chi connectivity index (χ0) is 15.5. The minimum absolute atomic E-state index is 0.0660. The maximum Gasteiger partial charge on any atom is 0.131 e. The summed E-state index contributed by atoms with van der Waals surface area (Å²) >= 11 is 0. The minimum atomic E-state index is 0.0660. The van der Waals surface area contributed by atoms with Crippen molar-refractivity contribution in [3.63, 3.8) is 0 Å². The lowest BCUT2D eigenvalue weighted by molar-refractivity contribution is 0.452. The zero-order valence-corrected chi connectivity index (χ0v) is 13.7. The van der Waals surface area contributed by atoms with Crippen LogP contribution in [0.4, 0.5) is 0 Å². The van der Waals surface area contributed by atoms with E-state index in [9.17, 15) is 0 Å². The summed E-state index contributed by atoms with van der Waals surface area (Å²) in [5.41, 5.74) is 3.72. The summed E-state index contributed by atoms with van der Waals surface area (Å²) in [4.78, 5) is 0. The molecular weight excluding hydrogens is 258 g/mol. The third kappa shape index (κ3) is 3.85. The third-order valence-corrected chi connectivity index (χ3v) is 3.54. The summed E-state index contributed by atoms with van der Waals surface area (Å²) in [6.07, 6.45) is 0. The molecule has 2 rings (SSSR count). The number of hydrogen-bond acceptors (Lipinski definition) is 2. The lowest BCUT2D eigenvalue weighted by Crippen LogP contribution is -2.12. The van der Waals surface area contributed by atoms with E-state index in [1.54, 1.807) is 0 Å². The first kappa shape index (κ1) is 15.6. The van der Waals surface area contributed by atoms with Crippen LogP contribution in [-0.4, -0.2) is 7.05 Å². The van der Waals surface area contributed by atoms with Crippen molar-refractivity contribution in [2.45, 2.75) is 39.7 Å². The van der Waals surface area contributed by atoms with Crippen LogP contribution in [0.15, 0.2) is 42.5 Å². The van der Waals surface area contributed by atoms with Gasteiger partial charge in [0.25, 0.3) is 0 Å². The van der Waals surface area contributed by atoms with Crippen LogP contribution in [0.3, 0.4) is 0 Å². The molecular formula is C19H25NO. The molecule has 0 radical (unpaired) electrons. The lowest BCUT2D eigenvalue weighted by Gasteiger charge is -2.23. The normalized spacial score (nSPS) is 11.5. The van der Waals surface area contributed by atoms with Gasteiger partial charge in [-0.15, -0.1) is 0 Å². The highest BCUT2D eigenvalue weighted by Crippen LogP contribution is 2.35. The van der Waals surface area contributed by atoms with E-state index < -0.39 is 0 Å². The first-order valence-electron chi connectivity index (χ1n) is 7.43. The van der Waals surface area contributed by atoms with Crippen molar-refractivity contribution in [2.75, 3.05) is 7.05 Å². The van der Waals surface area contributed by atoms with Crippen LogP contribution in [0.1, 0.15) is 37.5 Å². The summed E-state index contributed by atoms with van der Waals surface area (Å²) in [6, 6.07) is 14.6. The summed E-state index contributed by atoms with van der Waals surface area (Å²) in [6.45, 7) is 9.59. The Morgan fingerprint density at radius 3 is 2.33 bits per heavy atom. The van der Waals surface area contributed by atoms with E-state index in [0.29, 0.717) is 0 Å². The maximum absolute atomic E-state index is 6.18. The predicted octanol–water partition coefficient (Wildman–Crippen LogP) is 4.80. The van der Waals surface area contributed by atoms with Crippen LogP contribution in [0.2, 0.25) is 0 Å². The topological polar surface area (TPSA) is 21.3 Å². The Hall–Kier alpha value is -1.80. The minimum Gasteiger partial charge on any atom is -0.457 e. The standard InChI is InChI=1S/C19H25NO/c1-14-12-15(13-20-5)10-11-17(14)21-18-9-7-6-8-16(18)19(2,3)4/h6-12,20H,13H2,1-5H3. The first-order valence-corrected chi connectivity index (χ1v) is 7.43. The summed E-state index contributed by atoms with van der Waals surface area (Å²) < 4.78 is 6.18. The largest absolute Gasteiger partial charge is 0.457 e. The second kappa shape index (κ2) is 6.31. The van der Waals surface area contributed by atoms with Gasteiger partial charge in [-0.05, 0) is 42.6 Å². The number of ether oxygens (including phenoxy) is 1. The second-order valence-electron chi connectivity index (χ2n) is 6.48. The van der Waals surface area contributed by atoms with Crippen LogP contribution in [0.25, 0.3) is 0 Å². The molecule has 112 valence electrons. The van der Waals surface area contributed by atoms with Crippen LogP contribution < -0.4 is 10.1 Å². The number of hydrogen-bond donors (Lipinski definition) is 1. The monoisotopic (exact) mass is 283 g/mol. The molecule has 0 spiro atoms. The molecule has 0 heterocycles. The fraction of sp³-hybridized carbons (Fsp3) is 0.368. The highest BCUT2D eigenvalue weighted by Gasteiger charge is 2.19. The Kier molecular flexibility index (Phi) is 4.69. The van der Waals surface area contributed by atoms with Gasteiger partial charge in [-0.2, -0.15) is 0 Å². The van der Waals surface area contributed by atoms with Gasteiger partial charge in [-0.25, -0.2) is 0 Å². The quantitative estimate of drug-likeness (QED) is 0.870. The van der Waals surface area contributed by atoms with Gasteiger partial charge in [0.1, 0.15) is 11.5 Å². The van der Waals surface area contributed by atoms with Crippen LogP contribution in [-0.2, 0) is 12.0 Å². The molecule has 0 amide bonds. The number of para-hydroxylation sites is 1. The van der Waals surface area contributed by atoms with Crippen LogP contribution in [0, 0.1) is 6.92 Å². The van der Waals surface area contributed by atoms with Gasteiger partial charge in [0.2, 0.25) is 0 Å². The molecule has 21 heavy (non-hydrogen) atoms. The summed E-state index contributed by atoms with van der Waals surface area (Å²) in [5.74, 6) is 1.86. The van der Waals surface area contributed by atoms with E-state index in [4.69, 9.17) is 4.74 Å². The third-order valence-electron chi connectivity index (χ3n) is 3.54. The Bertz CT molecular complexity index is 611. The van der Waals surface area contributed by atoms with E-state index in [1.165, 1.54) is 11.1 Å². The van der Waals surface area contributed by atoms with Crippen molar-refractivity contribution < 1.29 is 4.74 Å². The zero-order valence-electron chi connectivity index (χ0n) is 13.7. The maximum atomic E-state index is 6.18. The van der Waals surface area contributed by atoms with E-state index in [0.717, 1.165) is 23.6 Å². The molecule has 2 aromatic carbocycles. The molecule has 0 aliphatic carbocycles. The van der Waals surface area contributed by atoms with E-state index in [-0.39, 0.29) is 5.41 Å². The average molecular weight is 283 g/mol. The van der Waals surface area contributed by atoms with Gasteiger partial charge >= 0.3 is 0 Å². The van der Waals surface area contributed by atoms with Gasteiger partial charge in [0.15, 0.2) is 0 Å². The average Bonchev–Trinajstić information content (AvgIpc) is 2.42. The number of nitrogens with one attached hydrogen (secondary N) is 1. The van der Waals surface area contributed by atoms with Gasteiger partial charge in [0, 0.05) is 12.1 Å². The number of rotatable bonds is 4. The van der Waals surface area contributed by atoms with Crippen molar-refractivity contribution in [1.82, 2.24) is 5.32 Å². The molecule has 2 aromatic rings. The number of benzene rings is 2. The highest BCUT2D eigenvalue weighted by atomic mass is 16.5. The van der Waals surface area contributed by atoms with Gasteiger partial charge in [0.05, 0.1) is 0 Å². The second-order valence-corrected chi connectivity index (χ2v) is 6.48. The fourth-order valence-corrected chi connectivity index (χ4v) is 2.43. The Morgan fingerprint density at radius 1 is 1.00 bits per heavy atom. The molecule has 0 aromatic heterocycles. The van der Waals surface area contributed by atoms with Crippen molar-refractivity contribution in [1.29, 1.82) is 0 Å². The predicted molar refractivity (Wildman–Crippen MR) is 89.2 cm³/mol. The van der Waals surface area contributed by atoms with Gasteiger partial charge < -0.3 is 10.1 Å². The fourth-order valence-electron chi connectivity index (χ4n) is 2.43. The summed E-state index contributed by atoms with van der Waals surface area (Å²) in [5, 5.41) is 3.17. The van der Waals surface area contributed by atoms with Crippen LogP contribution in [0.5, 0.6) is 11.5 Å². The number of aryl methyl sites for hydroxylation is 1. The molecule has 0 bridgehead atoms. The molecule has 0 saturated heterocycles. The highest BCUT2D eigenvalue weighted by molar-refractivity contribution is 5.44. The van der Waals surface area contributed by atoms with Crippen molar-refractivity contribution in [2.24, 2.45) is 0 Å². The molecule has 0 aliphatic heterocycles. The molecule has 0 atom stereocenters. The Balaban J connectivity index is 2.31. The smallest absolute Gasteiger partial charge is 0.131 e. The summed E-state index contributed by atoms with van der Waals surface area (Å²) in [7, 11) is 1.96. The SMILES string of the molecule is CNCc1ccc(Oc2ccccc2C(C)(C)C)c(C)c1. The molecule has 2 nitrogen and oxygen atoms in total. The molecule has 0 saturated carbocycles. The van der Waals surface area contributed by atoms with Gasteiger partial charge in [-0.3, -0.25) is 0 Å². The van der Waals surface area contributed by atoms with E-state index in [2.05, 4.69) is 63.3 Å². The van der Waals surface area contributed by atoms with Crippen molar-refractivity contribution >= 4 is 0 Å². The van der Waals surface area contributed by atoms with E-state index >= 15 is 0 Å². The Labute approximate surface area is 128 Å². The molecule has 2 heteroatoms. The molecule has 1 N–H and O–H groups in total. The molecule has 0 unspecified atom stereocenters. The van der Waals surface area contributed by atoms with Gasteiger partial charge in [-0.1, -0.05) is 51.1 Å². The molecule has 0 aliphatic rings. The van der Waals surface area contributed by atoms with Crippen LogP contribution >= 0.6 is 0 Å². The van der Waals surface area contributed by atoms with Crippen molar-refractivity contribution in [3.8, 4) is 11.5 Å². The lowest BCUT2D eigenvalue weighted by atomic mass is 9.86. The van der Waals surface area contributed by atoms with E-state index in [1.807, 2.05) is 19.2 Å². The van der Waals surface area contributed by atoms with Crippen molar-refractivity contribution in [3.05, 3.63) is 59.2 Å². The Morgan fingerprint density at radius 2 is 1.71 bits per heavy atom. The molecule has 0 fully saturated rings. The first-order chi connectivity index (χ1) is 9.91.